The molecule has 1 aliphatic carbocycles. The van der Waals surface area contributed by atoms with Crippen molar-refractivity contribution in [3.05, 3.63) is 12.8 Å². The van der Waals surface area contributed by atoms with Crippen LogP contribution in [0, 0.1) is 0 Å². The van der Waals surface area contributed by atoms with Gasteiger partial charge in [-0.15, -0.1) is 0 Å². The van der Waals surface area contributed by atoms with Crippen molar-refractivity contribution in [1.29, 1.82) is 0 Å². The molecule has 2 unspecified atom stereocenters. The van der Waals surface area contributed by atoms with Crippen molar-refractivity contribution in [2.75, 3.05) is 33.0 Å². The monoisotopic (exact) mass is 300 g/mol. The standard InChI is InChI=1S/C10H18O2.C6H10O3/c1-2-12-9-8-10(11)6-4-3-5-7-10;1(5-3-8-5)7-2-6-4-9-6/h2,11H,1,3-9H2;5-6H,1-4H2. The predicted octanol–water partition coefficient (Wildman–Crippen LogP) is 2.03. The van der Waals surface area contributed by atoms with Gasteiger partial charge in [0.1, 0.15) is 12.2 Å². The Balaban J connectivity index is 0.000000159. The largest absolute Gasteiger partial charge is 0.502 e. The Labute approximate surface area is 127 Å². The highest BCUT2D eigenvalue weighted by molar-refractivity contribution is 4.82. The molecule has 2 aliphatic heterocycles. The summed E-state index contributed by atoms with van der Waals surface area (Å²) in [5.74, 6) is 0. The van der Waals surface area contributed by atoms with Gasteiger partial charge in [-0.3, -0.25) is 0 Å². The highest BCUT2D eigenvalue weighted by Gasteiger charge is 2.28. The van der Waals surface area contributed by atoms with Gasteiger partial charge in [-0.25, -0.2) is 0 Å². The number of epoxide rings is 2. The third-order valence-corrected chi connectivity index (χ3v) is 4.00. The maximum absolute atomic E-state index is 9.98. The van der Waals surface area contributed by atoms with Crippen LogP contribution < -0.4 is 0 Å². The van der Waals surface area contributed by atoms with Gasteiger partial charge in [-0.05, 0) is 12.8 Å². The summed E-state index contributed by atoms with van der Waals surface area (Å²) in [6, 6.07) is 0. The van der Waals surface area contributed by atoms with Gasteiger partial charge in [0.05, 0.1) is 44.9 Å². The summed E-state index contributed by atoms with van der Waals surface area (Å²) in [5.41, 5.74) is -0.443. The van der Waals surface area contributed by atoms with Gasteiger partial charge in [0.15, 0.2) is 0 Å². The molecular weight excluding hydrogens is 272 g/mol. The van der Waals surface area contributed by atoms with Gasteiger partial charge in [0.25, 0.3) is 0 Å². The third-order valence-electron chi connectivity index (χ3n) is 4.00. The smallest absolute Gasteiger partial charge is 0.104 e. The Hall–Kier alpha value is -0.620. The average Bonchev–Trinajstić information content (AvgIpc) is 3.36. The summed E-state index contributed by atoms with van der Waals surface area (Å²) in [6.07, 6.45) is 8.43. The SMILES string of the molecule is C(OCC1CO1)C1CO1.C=COCCC1(O)CCCCC1. The Morgan fingerprint density at radius 1 is 1.10 bits per heavy atom. The number of hydrogen-bond acceptors (Lipinski definition) is 5. The van der Waals surface area contributed by atoms with E-state index in [9.17, 15) is 5.11 Å². The van der Waals surface area contributed by atoms with E-state index in [2.05, 4.69) is 6.58 Å². The molecule has 5 nitrogen and oxygen atoms in total. The molecule has 2 saturated heterocycles. The van der Waals surface area contributed by atoms with Crippen molar-refractivity contribution >= 4 is 0 Å². The highest BCUT2D eigenvalue weighted by atomic mass is 16.6. The first kappa shape index (κ1) is 16.7. The number of hydrogen-bond donors (Lipinski definition) is 1. The molecule has 0 aromatic rings. The van der Waals surface area contributed by atoms with Crippen LogP contribution in [0.3, 0.4) is 0 Å². The minimum absolute atomic E-state index is 0.392. The van der Waals surface area contributed by atoms with Crippen molar-refractivity contribution in [1.82, 2.24) is 0 Å². The van der Waals surface area contributed by atoms with Crippen molar-refractivity contribution in [3.63, 3.8) is 0 Å². The minimum Gasteiger partial charge on any atom is -0.502 e. The van der Waals surface area contributed by atoms with Crippen molar-refractivity contribution in [3.8, 4) is 0 Å². The molecule has 1 N–H and O–H groups in total. The first-order chi connectivity index (χ1) is 10.2. The fraction of sp³-hybridized carbons (Fsp3) is 0.875. The summed E-state index contributed by atoms with van der Waals surface area (Å²) in [4.78, 5) is 0. The number of ether oxygens (including phenoxy) is 4. The van der Waals surface area contributed by atoms with E-state index in [1.165, 1.54) is 12.7 Å². The second-order valence-corrected chi connectivity index (χ2v) is 6.02. The van der Waals surface area contributed by atoms with Crippen molar-refractivity contribution < 1.29 is 24.1 Å². The van der Waals surface area contributed by atoms with Crippen LogP contribution in [-0.4, -0.2) is 55.9 Å². The summed E-state index contributed by atoms with van der Waals surface area (Å²) in [7, 11) is 0. The lowest BCUT2D eigenvalue weighted by atomic mass is 9.83. The molecule has 0 amide bonds. The number of rotatable bonds is 8. The zero-order valence-electron chi connectivity index (χ0n) is 12.8. The van der Waals surface area contributed by atoms with Crippen LogP contribution in [-0.2, 0) is 18.9 Å². The molecule has 3 fully saturated rings. The molecule has 0 radical (unpaired) electrons. The fourth-order valence-electron chi connectivity index (χ4n) is 2.45. The van der Waals surface area contributed by atoms with Gasteiger partial charge < -0.3 is 24.1 Å². The maximum Gasteiger partial charge on any atom is 0.104 e. The quantitative estimate of drug-likeness (QED) is 0.422. The molecule has 3 rings (SSSR count). The molecule has 3 aliphatic rings. The summed E-state index contributed by atoms with van der Waals surface area (Å²) in [5, 5.41) is 9.98. The lowest BCUT2D eigenvalue weighted by Crippen LogP contribution is -2.32. The molecule has 0 aromatic heterocycles. The average molecular weight is 300 g/mol. The molecule has 122 valence electrons. The van der Waals surface area contributed by atoms with Crippen LogP contribution in [0.4, 0.5) is 0 Å². The van der Waals surface area contributed by atoms with E-state index in [0.29, 0.717) is 18.8 Å². The Morgan fingerprint density at radius 3 is 2.14 bits per heavy atom. The van der Waals surface area contributed by atoms with Gasteiger partial charge in [-0.2, -0.15) is 0 Å². The molecule has 2 heterocycles. The van der Waals surface area contributed by atoms with E-state index in [-0.39, 0.29) is 0 Å². The van der Waals surface area contributed by atoms with E-state index in [4.69, 9.17) is 18.9 Å². The summed E-state index contributed by atoms with van der Waals surface area (Å²) in [6.45, 7) is 7.32. The third kappa shape index (κ3) is 7.81. The number of aliphatic hydroxyl groups is 1. The normalized spacial score (nSPS) is 29.0. The van der Waals surface area contributed by atoms with Crippen molar-refractivity contribution in [2.24, 2.45) is 0 Å². The van der Waals surface area contributed by atoms with E-state index in [0.717, 1.165) is 58.5 Å². The molecule has 21 heavy (non-hydrogen) atoms. The molecular formula is C16H28O5. The lowest BCUT2D eigenvalue weighted by molar-refractivity contribution is -0.0176. The molecule has 0 aromatic carbocycles. The van der Waals surface area contributed by atoms with Crippen LogP contribution in [0.15, 0.2) is 12.8 Å². The topological polar surface area (TPSA) is 63.8 Å². The molecule has 5 heteroatoms. The first-order valence-corrected chi connectivity index (χ1v) is 7.98. The van der Waals surface area contributed by atoms with Gasteiger partial charge in [0.2, 0.25) is 0 Å². The summed E-state index contributed by atoms with van der Waals surface area (Å²) < 4.78 is 20.1. The van der Waals surface area contributed by atoms with Gasteiger partial charge in [-0.1, -0.05) is 25.8 Å². The molecule has 0 spiro atoms. The van der Waals surface area contributed by atoms with Crippen LogP contribution in [0.25, 0.3) is 0 Å². The molecule has 0 bridgehead atoms. The first-order valence-electron chi connectivity index (χ1n) is 7.98. The predicted molar refractivity (Wildman–Crippen MR) is 79.1 cm³/mol. The zero-order chi connectivity index (χ0) is 15.0. The van der Waals surface area contributed by atoms with Crippen LogP contribution >= 0.6 is 0 Å². The minimum atomic E-state index is -0.443. The van der Waals surface area contributed by atoms with Crippen LogP contribution in [0.2, 0.25) is 0 Å². The Bertz CT molecular complexity index is 281. The highest BCUT2D eigenvalue weighted by Crippen LogP contribution is 2.30. The lowest BCUT2D eigenvalue weighted by Gasteiger charge is -2.31. The molecule has 2 atom stereocenters. The van der Waals surface area contributed by atoms with E-state index in [1.54, 1.807) is 0 Å². The van der Waals surface area contributed by atoms with Gasteiger partial charge in [0, 0.05) is 6.42 Å². The maximum atomic E-state index is 9.98. The van der Waals surface area contributed by atoms with E-state index in [1.807, 2.05) is 0 Å². The zero-order valence-corrected chi connectivity index (χ0v) is 12.8. The van der Waals surface area contributed by atoms with Crippen LogP contribution in [0.1, 0.15) is 38.5 Å². The van der Waals surface area contributed by atoms with Crippen LogP contribution in [0.5, 0.6) is 0 Å². The van der Waals surface area contributed by atoms with Crippen molar-refractivity contribution in [2.45, 2.75) is 56.3 Å². The Kier molecular flexibility index (Phi) is 6.96. The summed E-state index contributed by atoms with van der Waals surface area (Å²) >= 11 is 0. The Morgan fingerprint density at radius 2 is 1.67 bits per heavy atom. The second kappa shape index (κ2) is 8.73. The fourth-order valence-corrected chi connectivity index (χ4v) is 2.45. The molecule has 1 saturated carbocycles. The van der Waals surface area contributed by atoms with Gasteiger partial charge >= 0.3 is 0 Å². The van der Waals surface area contributed by atoms with E-state index < -0.39 is 5.60 Å². The van der Waals surface area contributed by atoms with E-state index >= 15 is 0 Å². The second-order valence-electron chi connectivity index (χ2n) is 6.02.